The van der Waals surface area contributed by atoms with Gasteiger partial charge in [0.25, 0.3) is 0 Å². The second kappa shape index (κ2) is 4.16. The van der Waals surface area contributed by atoms with Crippen LogP contribution in [0.4, 0.5) is 0 Å². The van der Waals surface area contributed by atoms with Gasteiger partial charge < -0.3 is 9.84 Å². The molecule has 1 N–H and O–H groups in total. The maximum Gasteiger partial charge on any atom is 0.311 e. The number of ether oxygens (including phenoxy) is 1. The predicted octanol–water partition coefficient (Wildman–Crippen LogP) is 0.882. The van der Waals surface area contributed by atoms with E-state index in [1.54, 1.807) is 6.07 Å². The van der Waals surface area contributed by atoms with Gasteiger partial charge in [-0.1, -0.05) is 17.9 Å². The summed E-state index contributed by atoms with van der Waals surface area (Å²) in [5.74, 6) is 5.71. The van der Waals surface area contributed by atoms with Gasteiger partial charge in [0.2, 0.25) is 0 Å². The fraction of sp³-hybridized carbons (Fsp3) is 0.250. The van der Waals surface area contributed by atoms with Crippen molar-refractivity contribution in [2.75, 3.05) is 6.61 Å². The zero-order chi connectivity index (χ0) is 10.7. The van der Waals surface area contributed by atoms with Gasteiger partial charge in [-0.3, -0.25) is 4.79 Å². The van der Waals surface area contributed by atoms with Crippen LogP contribution in [-0.2, 0) is 11.2 Å². The first-order chi connectivity index (χ1) is 7.29. The molecule has 15 heavy (non-hydrogen) atoms. The first-order valence-electron chi connectivity index (χ1n) is 4.73. The summed E-state index contributed by atoms with van der Waals surface area (Å²) in [7, 11) is 0. The first kappa shape index (κ1) is 9.75. The Morgan fingerprint density at radius 3 is 3.07 bits per heavy atom. The number of benzene rings is 1. The van der Waals surface area contributed by atoms with Crippen LogP contribution in [0.15, 0.2) is 18.2 Å². The molecule has 2 rings (SSSR count). The summed E-state index contributed by atoms with van der Waals surface area (Å²) in [5, 5.41) is 8.55. The fourth-order valence-corrected chi connectivity index (χ4v) is 1.49. The van der Waals surface area contributed by atoms with Gasteiger partial charge in [0.1, 0.15) is 12.4 Å². The SMILES string of the molecule is O=C1CCc2ccc(C#CCO)cc2O1. The highest BCUT2D eigenvalue weighted by molar-refractivity contribution is 5.75. The van der Waals surface area contributed by atoms with E-state index in [0.717, 1.165) is 17.5 Å². The van der Waals surface area contributed by atoms with Crippen LogP contribution in [-0.4, -0.2) is 17.7 Å². The molecule has 0 atom stereocenters. The van der Waals surface area contributed by atoms with E-state index in [1.807, 2.05) is 12.1 Å². The Balaban J connectivity index is 2.32. The van der Waals surface area contributed by atoms with Crippen LogP contribution in [0.5, 0.6) is 5.75 Å². The molecular formula is C12H10O3. The van der Waals surface area contributed by atoms with E-state index in [-0.39, 0.29) is 12.6 Å². The molecule has 0 saturated heterocycles. The average molecular weight is 202 g/mol. The van der Waals surface area contributed by atoms with E-state index in [9.17, 15) is 4.79 Å². The zero-order valence-corrected chi connectivity index (χ0v) is 8.12. The molecule has 76 valence electrons. The molecule has 0 unspecified atom stereocenters. The monoisotopic (exact) mass is 202 g/mol. The van der Waals surface area contributed by atoms with E-state index in [0.29, 0.717) is 12.2 Å². The highest BCUT2D eigenvalue weighted by Crippen LogP contribution is 2.25. The maximum atomic E-state index is 11.1. The van der Waals surface area contributed by atoms with Crippen molar-refractivity contribution in [2.24, 2.45) is 0 Å². The number of aliphatic hydroxyl groups excluding tert-OH is 1. The Morgan fingerprint density at radius 1 is 1.40 bits per heavy atom. The molecule has 0 amide bonds. The molecule has 0 bridgehead atoms. The Kier molecular flexibility index (Phi) is 2.70. The fourth-order valence-electron chi connectivity index (χ4n) is 1.49. The summed E-state index contributed by atoms with van der Waals surface area (Å²) < 4.78 is 5.08. The van der Waals surface area contributed by atoms with E-state index >= 15 is 0 Å². The van der Waals surface area contributed by atoms with Crippen LogP contribution in [0, 0.1) is 11.8 Å². The van der Waals surface area contributed by atoms with Gasteiger partial charge in [-0.05, 0) is 24.1 Å². The van der Waals surface area contributed by atoms with Crippen LogP contribution >= 0.6 is 0 Å². The lowest BCUT2D eigenvalue weighted by Gasteiger charge is -2.15. The number of aliphatic hydroxyl groups is 1. The van der Waals surface area contributed by atoms with E-state index < -0.39 is 0 Å². The molecular weight excluding hydrogens is 192 g/mol. The van der Waals surface area contributed by atoms with Crippen LogP contribution in [0.2, 0.25) is 0 Å². The minimum atomic E-state index is -0.199. The third kappa shape index (κ3) is 2.17. The molecule has 1 heterocycles. The minimum absolute atomic E-state index is 0.170. The number of rotatable bonds is 0. The largest absolute Gasteiger partial charge is 0.426 e. The molecule has 0 radical (unpaired) electrons. The summed E-state index contributed by atoms with van der Waals surface area (Å²) in [5.41, 5.74) is 1.78. The van der Waals surface area contributed by atoms with Crippen molar-refractivity contribution in [3.05, 3.63) is 29.3 Å². The van der Waals surface area contributed by atoms with Crippen molar-refractivity contribution in [1.82, 2.24) is 0 Å². The van der Waals surface area contributed by atoms with Crippen LogP contribution in [0.3, 0.4) is 0 Å². The number of hydrogen-bond acceptors (Lipinski definition) is 3. The van der Waals surface area contributed by atoms with Gasteiger partial charge in [0.05, 0.1) is 6.42 Å². The summed E-state index contributed by atoms with van der Waals surface area (Å²) in [6, 6.07) is 5.50. The van der Waals surface area contributed by atoms with Crippen LogP contribution in [0.25, 0.3) is 0 Å². The topological polar surface area (TPSA) is 46.5 Å². The molecule has 1 aromatic rings. The molecule has 0 aromatic heterocycles. The van der Waals surface area contributed by atoms with Crippen molar-refractivity contribution in [3.8, 4) is 17.6 Å². The highest BCUT2D eigenvalue weighted by atomic mass is 16.5. The highest BCUT2D eigenvalue weighted by Gasteiger charge is 2.16. The molecule has 0 fully saturated rings. The van der Waals surface area contributed by atoms with Crippen molar-refractivity contribution in [2.45, 2.75) is 12.8 Å². The molecule has 3 nitrogen and oxygen atoms in total. The van der Waals surface area contributed by atoms with E-state index in [2.05, 4.69) is 11.8 Å². The maximum absolute atomic E-state index is 11.1. The van der Waals surface area contributed by atoms with Crippen molar-refractivity contribution in [1.29, 1.82) is 0 Å². The van der Waals surface area contributed by atoms with Gasteiger partial charge in [-0.15, -0.1) is 0 Å². The molecule has 0 saturated carbocycles. The quantitative estimate of drug-likeness (QED) is 0.386. The van der Waals surface area contributed by atoms with Crippen molar-refractivity contribution < 1.29 is 14.6 Å². The first-order valence-corrected chi connectivity index (χ1v) is 4.73. The Hall–Kier alpha value is -1.79. The van der Waals surface area contributed by atoms with Gasteiger partial charge in [-0.2, -0.15) is 0 Å². The molecule has 0 spiro atoms. The van der Waals surface area contributed by atoms with Gasteiger partial charge >= 0.3 is 5.97 Å². The molecule has 1 aliphatic rings. The predicted molar refractivity (Wildman–Crippen MR) is 54.4 cm³/mol. The molecule has 0 aliphatic carbocycles. The lowest BCUT2D eigenvalue weighted by atomic mass is 10.0. The zero-order valence-electron chi connectivity index (χ0n) is 8.12. The summed E-state index contributed by atoms with van der Waals surface area (Å²) in [4.78, 5) is 11.1. The average Bonchev–Trinajstić information content (AvgIpc) is 2.25. The van der Waals surface area contributed by atoms with Crippen LogP contribution < -0.4 is 4.74 Å². The lowest BCUT2D eigenvalue weighted by Crippen LogP contribution is -2.15. The van der Waals surface area contributed by atoms with E-state index in [4.69, 9.17) is 9.84 Å². The van der Waals surface area contributed by atoms with Gasteiger partial charge in [-0.25, -0.2) is 0 Å². The third-order valence-electron chi connectivity index (χ3n) is 2.20. The Morgan fingerprint density at radius 2 is 2.27 bits per heavy atom. The minimum Gasteiger partial charge on any atom is -0.426 e. The number of carbonyl (C=O) groups excluding carboxylic acids is 1. The summed E-state index contributed by atoms with van der Waals surface area (Å²) >= 11 is 0. The number of aryl methyl sites for hydroxylation is 1. The molecule has 1 aliphatic heterocycles. The summed E-state index contributed by atoms with van der Waals surface area (Å²) in [6.07, 6.45) is 1.16. The number of hydrogen-bond donors (Lipinski definition) is 1. The lowest BCUT2D eigenvalue weighted by molar-refractivity contribution is -0.135. The molecule has 1 aromatic carbocycles. The van der Waals surface area contributed by atoms with Gasteiger partial charge in [0, 0.05) is 5.56 Å². The number of carbonyl (C=O) groups is 1. The van der Waals surface area contributed by atoms with Crippen molar-refractivity contribution in [3.63, 3.8) is 0 Å². The normalized spacial score (nSPS) is 13.5. The number of esters is 1. The standard InChI is InChI=1S/C12H10O3/c13-7-1-2-9-3-4-10-5-6-12(14)15-11(10)8-9/h3-4,8,13H,5-7H2. The smallest absolute Gasteiger partial charge is 0.311 e. The summed E-state index contributed by atoms with van der Waals surface area (Å²) in [6.45, 7) is -0.170. The Labute approximate surface area is 87.7 Å². The second-order valence-electron chi connectivity index (χ2n) is 3.26. The van der Waals surface area contributed by atoms with Crippen molar-refractivity contribution >= 4 is 5.97 Å². The third-order valence-corrected chi connectivity index (χ3v) is 2.20. The Bertz CT molecular complexity index is 452. The van der Waals surface area contributed by atoms with Crippen LogP contribution in [0.1, 0.15) is 17.5 Å². The van der Waals surface area contributed by atoms with E-state index in [1.165, 1.54) is 0 Å². The van der Waals surface area contributed by atoms with Gasteiger partial charge in [0.15, 0.2) is 0 Å². The molecule has 3 heteroatoms. The second-order valence-corrected chi connectivity index (χ2v) is 3.26. The number of fused-ring (bicyclic) bond motifs is 1.